The third kappa shape index (κ3) is 3.10. The molecule has 0 aliphatic heterocycles. The van der Waals surface area contributed by atoms with E-state index in [1.165, 1.54) is 19.2 Å². The van der Waals surface area contributed by atoms with E-state index in [4.69, 9.17) is 0 Å². The summed E-state index contributed by atoms with van der Waals surface area (Å²) >= 11 is 1.59. The average molecular weight is 344 g/mol. The minimum Gasteiger partial charge on any atom is -0.469 e. The monoisotopic (exact) mass is 344 g/mol. The van der Waals surface area contributed by atoms with Gasteiger partial charge in [0.15, 0.2) is 0 Å². The predicted molar refractivity (Wildman–Crippen MR) is 59.9 cm³/mol. The van der Waals surface area contributed by atoms with E-state index in [0.29, 0.717) is 5.56 Å². The molecule has 0 saturated heterocycles. The second kappa shape index (κ2) is 5.03. The first kappa shape index (κ1) is 13.3. The van der Waals surface area contributed by atoms with Crippen LogP contribution in [-0.2, 0) is 22.1 Å². The summed E-state index contributed by atoms with van der Waals surface area (Å²) in [6.45, 7) is 0. The molecular weight excluding hydrogens is 336 g/mol. The van der Waals surface area contributed by atoms with Crippen LogP contribution in [0, 0.1) is 3.57 Å². The fraction of sp³-hybridized carbons (Fsp3) is 0.300. The Hall–Kier alpha value is -0.790. The van der Waals surface area contributed by atoms with Gasteiger partial charge >= 0.3 is 12.1 Å². The summed E-state index contributed by atoms with van der Waals surface area (Å²) in [6.07, 6.45) is -4.55. The second-order valence-corrected chi connectivity index (χ2v) is 4.11. The minimum atomic E-state index is -4.40. The van der Waals surface area contributed by atoms with E-state index in [1.54, 1.807) is 22.6 Å². The summed E-state index contributed by atoms with van der Waals surface area (Å²) in [5.74, 6) is -0.558. The van der Waals surface area contributed by atoms with Crippen molar-refractivity contribution in [3.8, 4) is 0 Å². The molecule has 0 saturated carbocycles. The standard InChI is InChI=1S/C10H8F3IO2/c1-16-8(15)5-6-3-2-4-7(9(6)14)10(11,12)13/h2-4H,5H2,1H3. The third-order valence-corrected chi connectivity index (χ3v) is 3.22. The van der Waals surface area contributed by atoms with Gasteiger partial charge in [0.2, 0.25) is 0 Å². The van der Waals surface area contributed by atoms with Crippen molar-refractivity contribution in [3.05, 3.63) is 32.9 Å². The molecule has 0 bridgehead atoms. The van der Waals surface area contributed by atoms with E-state index in [0.717, 1.165) is 6.07 Å². The van der Waals surface area contributed by atoms with Crippen LogP contribution >= 0.6 is 22.6 Å². The lowest BCUT2D eigenvalue weighted by Crippen LogP contribution is -2.12. The van der Waals surface area contributed by atoms with Gasteiger partial charge < -0.3 is 4.74 Å². The number of carbonyl (C=O) groups excluding carboxylic acids is 1. The average Bonchev–Trinajstić information content (AvgIpc) is 2.19. The van der Waals surface area contributed by atoms with Gasteiger partial charge in [-0.1, -0.05) is 12.1 Å². The molecule has 16 heavy (non-hydrogen) atoms. The van der Waals surface area contributed by atoms with Gasteiger partial charge in [-0.05, 0) is 34.2 Å². The smallest absolute Gasteiger partial charge is 0.417 e. The number of hydrogen-bond acceptors (Lipinski definition) is 2. The van der Waals surface area contributed by atoms with E-state index in [-0.39, 0.29) is 9.99 Å². The lowest BCUT2D eigenvalue weighted by Gasteiger charge is -2.11. The molecule has 1 aromatic carbocycles. The molecule has 6 heteroatoms. The number of hydrogen-bond donors (Lipinski definition) is 0. The molecule has 88 valence electrons. The predicted octanol–water partition coefficient (Wildman–Crippen LogP) is 3.03. The summed E-state index contributed by atoms with van der Waals surface area (Å²) in [4.78, 5) is 11.0. The Labute approximate surface area is 104 Å². The van der Waals surface area contributed by atoms with Crippen molar-refractivity contribution in [2.45, 2.75) is 12.6 Å². The summed E-state index contributed by atoms with van der Waals surface area (Å²) in [7, 11) is 1.20. The molecule has 0 unspecified atom stereocenters. The number of ether oxygens (including phenoxy) is 1. The molecule has 0 N–H and O–H groups in total. The van der Waals surface area contributed by atoms with Gasteiger partial charge in [0, 0.05) is 3.57 Å². The molecule has 0 atom stereocenters. The molecule has 0 fully saturated rings. The number of halogens is 4. The normalized spacial score (nSPS) is 11.3. The number of rotatable bonds is 2. The summed E-state index contributed by atoms with van der Waals surface area (Å²) < 4.78 is 42.0. The maximum atomic E-state index is 12.5. The summed E-state index contributed by atoms with van der Waals surface area (Å²) in [5.41, 5.74) is -0.406. The van der Waals surface area contributed by atoms with Gasteiger partial charge in [0.25, 0.3) is 0 Å². The highest BCUT2D eigenvalue weighted by atomic mass is 127. The number of alkyl halides is 3. The minimum absolute atomic E-state index is 0.0398. The number of esters is 1. The molecule has 0 aromatic heterocycles. The van der Waals surface area contributed by atoms with Crippen LogP contribution in [0.3, 0.4) is 0 Å². The summed E-state index contributed by atoms with van der Waals surface area (Å²) in [5, 5.41) is 0. The van der Waals surface area contributed by atoms with Crippen molar-refractivity contribution in [1.82, 2.24) is 0 Å². The first-order valence-electron chi connectivity index (χ1n) is 4.27. The highest BCUT2D eigenvalue weighted by Gasteiger charge is 2.33. The Kier molecular flexibility index (Phi) is 4.17. The first-order chi connectivity index (χ1) is 7.36. The van der Waals surface area contributed by atoms with Gasteiger partial charge in [0.1, 0.15) is 0 Å². The zero-order chi connectivity index (χ0) is 12.3. The molecule has 0 aliphatic rings. The molecule has 0 radical (unpaired) electrons. The third-order valence-electron chi connectivity index (χ3n) is 1.95. The van der Waals surface area contributed by atoms with Crippen molar-refractivity contribution < 1.29 is 22.7 Å². The molecule has 1 aromatic rings. The van der Waals surface area contributed by atoms with Gasteiger partial charge in [-0.15, -0.1) is 0 Å². The molecule has 0 spiro atoms. The largest absolute Gasteiger partial charge is 0.469 e. The van der Waals surface area contributed by atoms with Gasteiger partial charge in [-0.2, -0.15) is 13.2 Å². The van der Waals surface area contributed by atoms with Crippen LogP contribution in [0.4, 0.5) is 13.2 Å². The lowest BCUT2D eigenvalue weighted by molar-refractivity contribution is -0.141. The van der Waals surface area contributed by atoms with E-state index in [1.807, 2.05) is 0 Å². The van der Waals surface area contributed by atoms with Crippen LogP contribution in [-0.4, -0.2) is 13.1 Å². The van der Waals surface area contributed by atoms with Crippen LogP contribution in [0.2, 0.25) is 0 Å². The maximum absolute atomic E-state index is 12.5. The van der Waals surface area contributed by atoms with Crippen molar-refractivity contribution >= 4 is 28.6 Å². The second-order valence-electron chi connectivity index (χ2n) is 3.03. The van der Waals surface area contributed by atoms with Crippen LogP contribution in [0.5, 0.6) is 0 Å². The molecule has 0 aliphatic carbocycles. The summed E-state index contributed by atoms with van der Waals surface area (Å²) in [6, 6.07) is 3.75. The lowest BCUT2D eigenvalue weighted by atomic mass is 10.1. The molecule has 1 rings (SSSR count). The first-order valence-corrected chi connectivity index (χ1v) is 5.35. The highest BCUT2D eigenvalue weighted by Crippen LogP contribution is 2.34. The number of carbonyl (C=O) groups is 1. The van der Waals surface area contributed by atoms with Crippen LogP contribution < -0.4 is 0 Å². The quantitative estimate of drug-likeness (QED) is 0.609. The van der Waals surface area contributed by atoms with E-state index in [2.05, 4.69) is 4.74 Å². The Bertz CT molecular complexity index is 402. The van der Waals surface area contributed by atoms with Crippen LogP contribution in [0.25, 0.3) is 0 Å². The van der Waals surface area contributed by atoms with E-state index in [9.17, 15) is 18.0 Å². The van der Waals surface area contributed by atoms with Gasteiger partial charge in [0.05, 0.1) is 19.1 Å². The topological polar surface area (TPSA) is 26.3 Å². The number of benzene rings is 1. The zero-order valence-corrected chi connectivity index (χ0v) is 10.4. The van der Waals surface area contributed by atoms with Crippen molar-refractivity contribution in [3.63, 3.8) is 0 Å². The van der Waals surface area contributed by atoms with Crippen molar-refractivity contribution in [1.29, 1.82) is 0 Å². The fourth-order valence-electron chi connectivity index (χ4n) is 1.16. The molecule has 0 heterocycles. The Morgan fingerprint density at radius 2 is 2.06 bits per heavy atom. The maximum Gasteiger partial charge on any atom is 0.417 e. The molecular formula is C10H8F3IO2. The Morgan fingerprint density at radius 1 is 1.44 bits per heavy atom. The van der Waals surface area contributed by atoms with Crippen molar-refractivity contribution in [2.24, 2.45) is 0 Å². The fourth-order valence-corrected chi connectivity index (χ4v) is 2.02. The van der Waals surface area contributed by atoms with E-state index >= 15 is 0 Å². The van der Waals surface area contributed by atoms with Crippen LogP contribution in [0.15, 0.2) is 18.2 Å². The Morgan fingerprint density at radius 3 is 2.56 bits per heavy atom. The van der Waals surface area contributed by atoms with Gasteiger partial charge in [-0.3, -0.25) is 4.79 Å². The highest BCUT2D eigenvalue weighted by molar-refractivity contribution is 14.1. The molecule has 0 amide bonds. The molecule has 2 nitrogen and oxygen atoms in total. The van der Waals surface area contributed by atoms with Crippen LogP contribution in [0.1, 0.15) is 11.1 Å². The SMILES string of the molecule is COC(=O)Cc1cccc(C(F)(F)F)c1I. The van der Waals surface area contributed by atoms with Gasteiger partial charge in [-0.25, -0.2) is 0 Å². The zero-order valence-electron chi connectivity index (χ0n) is 8.27. The number of methoxy groups -OCH3 is 1. The van der Waals surface area contributed by atoms with E-state index < -0.39 is 17.7 Å². The Balaban J connectivity index is 3.09. The van der Waals surface area contributed by atoms with Crippen molar-refractivity contribution in [2.75, 3.05) is 7.11 Å².